The molecule has 4 rings (SSSR count). The van der Waals surface area contributed by atoms with Crippen LogP contribution in [0.2, 0.25) is 0 Å². The Hall–Kier alpha value is -2.57. The molecule has 1 atom stereocenters. The highest BCUT2D eigenvalue weighted by atomic mass is 16.7. The summed E-state index contributed by atoms with van der Waals surface area (Å²) in [6, 6.07) is 18.4. The van der Waals surface area contributed by atoms with Gasteiger partial charge in [0.05, 0.1) is 5.69 Å². The van der Waals surface area contributed by atoms with Crippen molar-refractivity contribution in [2.24, 2.45) is 0 Å². The number of nitrogens with one attached hydrogen (secondary N) is 1. The molecule has 1 saturated carbocycles. The Morgan fingerprint density at radius 3 is 2.42 bits per heavy atom. The summed E-state index contributed by atoms with van der Waals surface area (Å²) in [5, 5.41) is 14.7. The second-order valence-electron chi connectivity index (χ2n) is 8.94. The van der Waals surface area contributed by atoms with Gasteiger partial charge in [-0.25, -0.2) is 0 Å². The van der Waals surface area contributed by atoms with Crippen molar-refractivity contribution >= 4 is 11.7 Å². The zero-order valence-electron chi connectivity index (χ0n) is 18.5. The van der Waals surface area contributed by atoms with Crippen LogP contribution < -0.4 is 10.2 Å². The molecule has 2 aromatic carbocycles. The number of carboxylic acid groups (broad SMARTS) is 1. The SMILES string of the molecule is CN(C)C1(c2ccccc2)CCC(Nc2ccccc2ON2CCCC2C(=O)O)CC1. The van der Waals surface area contributed by atoms with E-state index in [0.717, 1.165) is 37.8 Å². The Labute approximate surface area is 184 Å². The molecule has 1 aliphatic heterocycles. The number of hydroxylamine groups is 2. The molecule has 1 unspecified atom stereocenters. The summed E-state index contributed by atoms with van der Waals surface area (Å²) in [4.78, 5) is 19.9. The number of aliphatic carboxylic acids is 1. The standard InChI is InChI=1S/C25H33N3O3/c1-27(2)25(19-9-4-3-5-10-19)16-14-20(15-17-25)26-21-11-6-7-13-23(21)31-28-18-8-12-22(28)24(29)30/h3-7,9-11,13,20,22,26H,8,12,14-18H2,1-2H3,(H,29,30). The lowest BCUT2D eigenvalue weighted by molar-refractivity contribution is -0.154. The maximum absolute atomic E-state index is 11.5. The summed E-state index contributed by atoms with van der Waals surface area (Å²) in [5.74, 6) is -0.126. The van der Waals surface area contributed by atoms with Crippen LogP contribution >= 0.6 is 0 Å². The lowest BCUT2D eigenvalue weighted by Gasteiger charge is -2.46. The van der Waals surface area contributed by atoms with Gasteiger partial charge in [0.15, 0.2) is 5.75 Å². The molecule has 2 aromatic rings. The van der Waals surface area contributed by atoms with Gasteiger partial charge in [-0.2, -0.15) is 0 Å². The molecule has 1 heterocycles. The van der Waals surface area contributed by atoms with E-state index in [1.165, 1.54) is 5.56 Å². The van der Waals surface area contributed by atoms with E-state index in [-0.39, 0.29) is 5.54 Å². The number of hydrogen-bond donors (Lipinski definition) is 2. The summed E-state index contributed by atoms with van der Waals surface area (Å²) in [6.45, 7) is 0.636. The molecular formula is C25H33N3O3. The minimum Gasteiger partial charge on any atom is -0.480 e. The lowest BCUT2D eigenvalue weighted by atomic mass is 9.74. The molecule has 6 heteroatoms. The van der Waals surface area contributed by atoms with E-state index in [0.29, 0.717) is 24.8 Å². The lowest BCUT2D eigenvalue weighted by Crippen LogP contribution is -2.46. The smallest absolute Gasteiger partial charge is 0.324 e. The van der Waals surface area contributed by atoms with Gasteiger partial charge in [-0.3, -0.25) is 9.69 Å². The van der Waals surface area contributed by atoms with Crippen LogP contribution in [0.3, 0.4) is 0 Å². The average Bonchev–Trinajstić information content (AvgIpc) is 3.25. The molecular weight excluding hydrogens is 390 g/mol. The number of nitrogens with zero attached hydrogens (tertiary/aromatic N) is 2. The molecule has 0 aromatic heterocycles. The first-order chi connectivity index (χ1) is 15.0. The Morgan fingerprint density at radius 2 is 1.74 bits per heavy atom. The number of benzene rings is 2. The van der Waals surface area contributed by atoms with Gasteiger partial charge < -0.3 is 15.3 Å². The quantitative estimate of drug-likeness (QED) is 0.691. The highest BCUT2D eigenvalue weighted by Gasteiger charge is 2.39. The molecule has 2 aliphatic rings. The monoisotopic (exact) mass is 423 g/mol. The summed E-state index contributed by atoms with van der Waals surface area (Å²) in [6.07, 6.45) is 5.74. The Kier molecular flexibility index (Phi) is 6.49. The highest BCUT2D eigenvalue weighted by molar-refractivity contribution is 5.73. The largest absolute Gasteiger partial charge is 0.480 e. The average molecular weight is 424 g/mol. The Balaban J connectivity index is 1.44. The molecule has 6 nitrogen and oxygen atoms in total. The van der Waals surface area contributed by atoms with Crippen molar-refractivity contribution in [3.05, 3.63) is 60.2 Å². The fraction of sp³-hybridized carbons (Fsp3) is 0.480. The summed E-state index contributed by atoms with van der Waals surface area (Å²) in [7, 11) is 4.36. The van der Waals surface area contributed by atoms with Gasteiger partial charge in [0, 0.05) is 18.1 Å². The molecule has 0 amide bonds. The number of anilines is 1. The van der Waals surface area contributed by atoms with Crippen LogP contribution in [0.15, 0.2) is 54.6 Å². The van der Waals surface area contributed by atoms with Gasteiger partial charge in [-0.1, -0.05) is 42.5 Å². The van der Waals surface area contributed by atoms with Gasteiger partial charge in [-0.05, 0) is 70.3 Å². The molecule has 31 heavy (non-hydrogen) atoms. The molecule has 2 fully saturated rings. The van der Waals surface area contributed by atoms with Crippen LogP contribution in [0.1, 0.15) is 44.1 Å². The zero-order chi connectivity index (χ0) is 21.8. The minimum absolute atomic E-state index is 0.0692. The maximum Gasteiger partial charge on any atom is 0.324 e. The van der Waals surface area contributed by atoms with E-state index in [1.54, 1.807) is 5.06 Å². The molecule has 0 spiro atoms. The van der Waals surface area contributed by atoms with E-state index in [9.17, 15) is 9.90 Å². The summed E-state index contributed by atoms with van der Waals surface area (Å²) in [5.41, 5.74) is 2.39. The van der Waals surface area contributed by atoms with Crippen molar-refractivity contribution in [2.75, 3.05) is 26.0 Å². The third-order valence-electron chi connectivity index (χ3n) is 6.93. The third kappa shape index (κ3) is 4.55. The van der Waals surface area contributed by atoms with Crippen molar-refractivity contribution < 1.29 is 14.7 Å². The van der Waals surface area contributed by atoms with Crippen molar-refractivity contribution in [3.8, 4) is 5.75 Å². The van der Waals surface area contributed by atoms with Crippen molar-refractivity contribution in [1.29, 1.82) is 0 Å². The van der Waals surface area contributed by atoms with Crippen molar-refractivity contribution in [3.63, 3.8) is 0 Å². The highest BCUT2D eigenvalue weighted by Crippen LogP contribution is 2.42. The minimum atomic E-state index is -0.823. The van der Waals surface area contributed by atoms with Crippen LogP contribution in [0, 0.1) is 0 Å². The first-order valence-corrected chi connectivity index (χ1v) is 11.3. The van der Waals surface area contributed by atoms with Crippen molar-refractivity contribution in [2.45, 2.75) is 56.1 Å². The zero-order valence-corrected chi connectivity index (χ0v) is 18.5. The molecule has 0 radical (unpaired) electrons. The van der Waals surface area contributed by atoms with Crippen LogP contribution in [-0.2, 0) is 10.3 Å². The summed E-state index contributed by atoms with van der Waals surface area (Å²) >= 11 is 0. The summed E-state index contributed by atoms with van der Waals surface area (Å²) < 4.78 is 0. The van der Waals surface area contributed by atoms with Gasteiger partial charge in [0.2, 0.25) is 0 Å². The predicted molar refractivity (Wildman–Crippen MR) is 122 cm³/mol. The second-order valence-corrected chi connectivity index (χ2v) is 8.94. The van der Waals surface area contributed by atoms with E-state index in [4.69, 9.17) is 4.84 Å². The van der Waals surface area contributed by atoms with Gasteiger partial charge >= 0.3 is 5.97 Å². The predicted octanol–water partition coefficient (Wildman–Crippen LogP) is 4.34. The third-order valence-corrected chi connectivity index (χ3v) is 6.93. The van der Waals surface area contributed by atoms with E-state index in [1.807, 2.05) is 24.3 Å². The topological polar surface area (TPSA) is 65.0 Å². The Morgan fingerprint density at radius 1 is 1.06 bits per heavy atom. The number of hydrogen-bond acceptors (Lipinski definition) is 5. The molecule has 2 N–H and O–H groups in total. The molecule has 1 saturated heterocycles. The maximum atomic E-state index is 11.5. The number of carboxylic acids is 1. The molecule has 0 bridgehead atoms. The van der Waals surface area contributed by atoms with Crippen LogP contribution in [0.4, 0.5) is 5.69 Å². The first kappa shape index (κ1) is 21.7. The van der Waals surface area contributed by atoms with Gasteiger partial charge in [0.1, 0.15) is 6.04 Å². The van der Waals surface area contributed by atoms with E-state index < -0.39 is 12.0 Å². The van der Waals surface area contributed by atoms with E-state index >= 15 is 0 Å². The Bertz CT molecular complexity index is 879. The normalized spacial score (nSPS) is 26.7. The van der Waals surface area contributed by atoms with Crippen molar-refractivity contribution in [1.82, 2.24) is 9.96 Å². The van der Waals surface area contributed by atoms with Gasteiger partial charge in [0.25, 0.3) is 0 Å². The van der Waals surface area contributed by atoms with E-state index in [2.05, 4.69) is 54.6 Å². The van der Waals surface area contributed by atoms with Gasteiger partial charge in [-0.15, -0.1) is 5.06 Å². The van der Waals surface area contributed by atoms with Crippen LogP contribution in [0.5, 0.6) is 5.75 Å². The molecule has 166 valence electrons. The number of para-hydroxylation sites is 2. The molecule has 1 aliphatic carbocycles. The van der Waals surface area contributed by atoms with Crippen LogP contribution in [-0.4, -0.2) is 53.8 Å². The fourth-order valence-corrected chi connectivity index (χ4v) is 5.09. The van der Waals surface area contributed by atoms with Crippen LogP contribution in [0.25, 0.3) is 0 Å². The second kappa shape index (κ2) is 9.28. The first-order valence-electron chi connectivity index (χ1n) is 11.3. The number of carbonyl (C=O) groups is 1. The fourth-order valence-electron chi connectivity index (χ4n) is 5.09. The number of rotatable bonds is 7.